The smallest absolute Gasteiger partial charge is 0.221 e. The molecule has 1 atom stereocenters. The fraction of sp³-hybridized carbons (Fsp3) is 0.615. The number of rotatable bonds is 7. The minimum absolute atomic E-state index is 0.0680. The predicted octanol–water partition coefficient (Wildman–Crippen LogP) is 1.42. The Bertz CT molecular complexity index is 351. The van der Waals surface area contributed by atoms with E-state index >= 15 is 0 Å². The van der Waals surface area contributed by atoms with Gasteiger partial charge >= 0.3 is 0 Å². The molecule has 1 heterocycles. The highest BCUT2D eigenvalue weighted by molar-refractivity contribution is 7.09. The number of hydrogen-bond acceptors (Lipinski definition) is 4. The number of amides is 1. The van der Waals surface area contributed by atoms with E-state index in [0.29, 0.717) is 13.0 Å². The van der Waals surface area contributed by atoms with Crippen LogP contribution in [0, 0.1) is 0 Å². The van der Waals surface area contributed by atoms with Crippen LogP contribution in [-0.4, -0.2) is 36.5 Å². The molecule has 102 valence electrons. The molecule has 0 bridgehead atoms. The first-order chi connectivity index (χ1) is 8.52. The van der Waals surface area contributed by atoms with Gasteiger partial charge in [-0.2, -0.15) is 0 Å². The Hall–Kier alpha value is -0.910. The zero-order valence-corrected chi connectivity index (χ0v) is 12.2. The molecule has 0 aliphatic carbocycles. The first kappa shape index (κ1) is 15.1. The third kappa shape index (κ3) is 5.16. The van der Waals surface area contributed by atoms with Crippen molar-refractivity contribution in [3.63, 3.8) is 0 Å². The lowest BCUT2D eigenvalue weighted by molar-refractivity contribution is -0.122. The fourth-order valence-electron chi connectivity index (χ4n) is 1.79. The zero-order chi connectivity index (χ0) is 13.5. The van der Waals surface area contributed by atoms with E-state index in [1.165, 1.54) is 4.88 Å². The van der Waals surface area contributed by atoms with E-state index in [4.69, 9.17) is 5.73 Å². The minimum atomic E-state index is 0.0680. The Balaban J connectivity index is 2.46. The van der Waals surface area contributed by atoms with Gasteiger partial charge in [0.1, 0.15) is 0 Å². The number of carbonyl (C=O) groups is 1. The molecule has 4 nitrogen and oxygen atoms in total. The van der Waals surface area contributed by atoms with E-state index in [-0.39, 0.29) is 18.0 Å². The van der Waals surface area contributed by atoms with Gasteiger partial charge in [0, 0.05) is 36.5 Å². The van der Waals surface area contributed by atoms with Gasteiger partial charge in [-0.15, -0.1) is 11.3 Å². The van der Waals surface area contributed by atoms with Crippen molar-refractivity contribution >= 4 is 17.2 Å². The highest BCUT2D eigenvalue weighted by Gasteiger charge is 2.18. The molecule has 0 aliphatic heterocycles. The molecule has 0 saturated heterocycles. The maximum absolute atomic E-state index is 11.7. The summed E-state index contributed by atoms with van der Waals surface area (Å²) in [6.07, 6.45) is 0.455. The van der Waals surface area contributed by atoms with Crippen LogP contribution >= 0.6 is 11.3 Å². The van der Waals surface area contributed by atoms with Crippen LogP contribution in [0.1, 0.15) is 25.1 Å². The summed E-state index contributed by atoms with van der Waals surface area (Å²) < 4.78 is 0. The monoisotopic (exact) mass is 269 g/mol. The molecule has 0 aromatic carbocycles. The van der Waals surface area contributed by atoms with E-state index in [1.807, 2.05) is 27.0 Å². The van der Waals surface area contributed by atoms with Crippen molar-refractivity contribution in [3.8, 4) is 0 Å². The molecular formula is C13H23N3OS. The molecular weight excluding hydrogens is 246 g/mol. The van der Waals surface area contributed by atoms with Gasteiger partial charge in [-0.25, -0.2) is 0 Å². The van der Waals surface area contributed by atoms with E-state index in [9.17, 15) is 4.79 Å². The van der Waals surface area contributed by atoms with Gasteiger partial charge < -0.3 is 11.1 Å². The summed E-state index contributed by atoms with van der Waals surface area (Å²) in [6.45, 7) is 5.26. The Morgan fingerprint density at radius 3 is 2.78 bits per heavy atom. The number of hydrogen-bond donors (Lipinski definition) is 2. The van der Waals surface area contributed by atoms with Gasteiger partial charge in [-0.1, -0.05) is 6.07 Å². The summed E-state index contributed by atoms with van der Waals surface area (Å²) in [6, 6.07) is 4.41. The Morgan fingerprint density at radius 2 is 2.28 bits per heavy atom. The van der Waals surface area contributed by atoms with Crippen LogP contribution in [0.2, 0.25) is 0 Å². The molecule has 1 aromatic heterocycles. The van der Waals surface area contributed by atoms with Crippen molar-refractivity contribution < 1.29 is 4.79 Å². The summed E-state index contributed by atoms with van der Waals surface area (Å²) >= 11 is 1.73. The van der Waals surface area contributed by atoms with Crippen molar-refractivity contribution in [1.82, 2.24) is 10.2 Å². The molecule has 3 N–H and O–H groups in total. The maximum atomic E-state index is 11.7. The quantitative estimate of drug-likeness (QED) is 0.787. The number of carbonyl (C=O) groups excluding carboxylic acids is 1. The summed E-state index contributed by atoms with van der Waals surface area (Å²) in [4.78, 5) is 15.2. The maximum Gasteiger partial charge on any atom is 0.221 e. The van der Waals surface area contributed by atoms with Gasteiger partial charge in [0.25, 0.3) is 0 Å². The van der Waals surface area contributed by atoms with Crippen LogP contribution in [0.4, 0.5) is 0 Å². The molecule has 0 aliphatic rings. The molecule has 0 spiro atoms. The molecule has 1 amide bonds. The highest BCUT2D eigenvalue weighted by Crippen LogP contribution is 2.13. The standard InChI is InChI=1S/C13H23N3OS/c1-10(2)15-13(17)7-11(8-14)16(3)9-12-5-4-6-18-12/h4-6,10-11H,7-9,14H2,1-3H3,(H,15,17). The average molecular weight is 269 g/mol. The van der Waals surface area contributed by atoms with E-state index in [1.54, 1.807) is 11.3 Å². The van der Waals surface area contributed by atoms with Gasteiger partial charge in [0.2, 0.25) is 5.91 Å². The van der Waals surface area contributed by atoms with Crippen LogP contribution in [0.3, 0.4) is 0 Å². The predicted molar refractivity (Wildman–Crippen MR) is 76.5 cm³/mol. The molecule has 0 fully saturated rings. The Kier molecular flexibility index (Phi) is 6.32. The molecule has 1 aromatic rings. The average Bonchev–Trinajstić information content (AvgIpc) is 2.77. The normalized spacial score (nSPS) is 13.0. The SMILES string of the molecule is CC(C)NC(=O)CC(CN)N(C)Cc1cccs1. The summed E-state index contributed by atoms with van der Waals surface area (Å²) in [5.41, 5.74) is 5.76. The van der Waals surface area contributed by atoms with Gasteiger partial charge in [-0.05, 0) is 32.3 Å². The lowest BCUT2D eigenvalue weighted by Gasteiger charge is -2.26. The van der Waals surface area contributed by atoms with Crippen molar-refractivity contribution in [3.05, 3.63) is 22.4 Å². The number of likely N-dealkylation sites (N-methyl/N-ethyl adjacent to an activating group) is 1. The Labute approximate surface area is 113 Å². The molecule has 0 saturated carbocycles. The largest absolute Gasteiger partial charge is 0.354 e. The molecule has 5 heteroatoms. The van der Waals surface area contributed by atoms with Crippen molar-refractivity contribution in [2.75, 3.05) is 13.6 Å². The van der Waals surface area contributed by atoms with Gasteiger partial charge in [0.05, 0.1) is 0 Å². The van der Waals surface area contributed by atoms with Crippen LogP contribution in [0.15, 0.2) is 17.5 Å². The topological polar surface area (TPSA) is 58.4 Å². The van der Waals surface area contributed by atoms with E-state index in [0.717, 1.165) is 6.54 Å². The third-order valence-corrected chi connectivity index (χ3v) is 3.61. The first-order valence-electron chi connectivity index (χ1n) is 6.25. The molecule has 1 rings (SSSR count). The van der Waals surface area contributed by atoms with Crippen LogP contribution in [-0.2, 0) is 11.3 Å². The Morgan fingerprint density at radius 1 is 1.56 bits per heavy atom. The van der Waals surface area contributed by atoms with Crippen LogP contribution in [0.5, 0.6) is 0 Å². The third-order valence-electron chi connectivity index (χ3n) is 2.75. The number of nitrogens with zero attached hydrogens (tertiary/aromatic N) is 1. The number of thiophene rings is 1. The van der Waals surface area contributed by atoms with Crippen molar-refractivity contribution in [2.24, 2.45) is 5.73 Å². The van der Waals surface area contributed by atoms with Gasteiger partial charge in [0.15, 0.2) is 0 Å². The lowest BCUT2D eigenvalue weighted by atomic mass is 10.1. The second-order valence-electron chi connectivity index (χ2n) is 4.81. The van der Waals surface area contributed by atoms with Gasteiger partial charge in [-0.3, -0.25) is 9.69 Å². The second-order valence-corrected chi connectivity index (χ2v) is 5.84. The number of nitrogens with one attached hydrogen (secondary N) is 1. The highest BCUT2D eigenvalue weighted by atomic mass is 32.1. The lowest BCUT2D eigenvalue weighted by Crippen LogP contribution is -2.42. The van der Waals surface area contributed by atoms with E-state index < -0.39 is 0 Å². The summed E-state index contributed by atoms with van der Waals surface area (Å²) in [5.74, 6) is 0.0680. The zero-order valence-electron chi connectivity index (χ0n) is 11.3. The van der Waals surface area contributed by atoms with Crippen LogP contribution < -0.4 is 11.1 Å². The van der Waals surface area contributed by atoms with Crippen molar-refractivity contribution in [2.45, 2.75) is 38.9 Å². The summed E-state index contributed by atoms with van der Waals surface area (Å²) in [7, 11) is 2.01. The first-order valence-corrected chi connectivity index (χ1v) is 7.13. The number of nitrogens with two attached hydrogens (primary N) is 1. The minimum Gasteiger partial charge on any atom is -0.354 e. The van der Waals surface area contributed by atoms with E-state index in [2.05, 4.69) is 21.7 Å². The summed E-state index contributed by atoms with van der Waals surface area (Å²) in [5, 5.41) is 4.96. The molecule has 18 heavy (non-hydrogen) atoms. The van der Waals surface area contributed by atoms with Crippen molar-refractivity contribution in [1.29, 1.82) is 0 Å². The van der Waals surface area contributed by atoms with Crippen LogP contribution in [0.25, 0.3) is 0 Å². The molecule has 0 radical (unpaired) electrons. The second kappa shape index (κ2) is 7.51. The fourth-order valence-corrected chi connectivity index (χ4v) is 2.56. The molecule has 1 unspecified atom stereocenters.